The van der Waals surface area contributed by atoms with Gasteiger partial charge in [0.2, 0.25) is 0 Å². The monoisotopic (exact) mass is 380 g/mol. The number of ether oxygens (including phenoxy) is 1. The quantitative estimate of drug-likeness (QED) is 0.317. The summed E-state index contributed by atoms with van der Waals surface area (Å²) in [4.78, 5) is 12.0. The molecule has 0 aliphatic heterocycles. The molecule has 2 unspecified atom stereocenters. The molecule has 0 amide bonds. The van der Waals surface area contributed by atoms with Crippen LogP contribution in [0.3, 0.4) is 0 Å². The normalized spacial score (nSPS) is 30.5. The number of hydrogen-bond donors (Lipinski definition) is 0. The smallest absolute Gasteiger partial charge is 0.306 e. The number of esters is 1. The second-order valence-electron chi connectivity index (χ2n) is 10.1. The van der Waals surface area contributed by atoms with Crippen LogP contribution in [0.5, 0.6) is 0 Å². The van der Waals surface area contributed by atoms with Crippen molar-refractivity contribution in [1.29, 1.82) is 0 Å². The average Bonchev–Trinajstić information content (AvgIpc) is 2.84. The zero-order valence-electron chi connectivity index (χ0n) is 18.3. The van der Waals surface area contributed by atoms with Gasteiger partial charge in [-0.2, -0.15) is 0 Å². The second-order valence-corrected chi connectivity index (χ2v) is 14.9. The maximum atomic E-state index is 12.0. The highest BCUT2D eigenvalue weighted by Gasteiger charge is 2.51. The van der Waals surface area contributed by atoms with E-state index in [1.165, 1.54) is 24.8 Å². The summed E-state index contributed by atoms with van der Waals surface area (Å²) in [5, 5.41) is 0.243. The van der Waals surface area contributed by atoms with E-state index >= 15 is 0 Å². The predicted octanol–water partition coefficient (Wildman–Crippen LogP) is 6.10. The van der Waals surface area contributed by atoms with E-state index in [4.69, 9.17) is 9.16 Å². The summed E-state index contributed by atoms with van der Waals surface area (Å²) >= 11 is 0. The largest absolute Gasteiger partial charge is 0.466 e. The van der Waals surface area contributed by atoms with Crippen molar-refractivity contribution in [2.24, 2.45) is 17.3 Å². The first-order valence-corrected chi connectivity index (χ1v) is 13.4. The fraction of sp³-hybridized carbons (Fsp3) is 0.864. The molecule has 0 heterocycles. The Kier molecular flexibility index (Phi) is 6.49. The Balaban J connectivity index is 2.13. The standard InChI is InChI=1S/C22H40O3Si/c1-9-24-20(23)15-16(2)17-12-13-18-19(11-10-14-22(17,18)6)25-26(7,8)21(3,4)5/h12,16,18-19H,9-11,13-15H2,1-8H3/t16-,18+,19?,22?/m1/s1. The molecule has 0 radical (unpaired) electrons. The molecule has 2 rings (SSSR count). The summed E-state index contributed by atoms with van der Waals surface area (Å²) in [6.45, 7) is 18.6. The minimum atomic E-state index is -1.77. The van der Waals surface area contributed by atoms with Gasteiger partial charge in [0.05, 0.1) is 13.0 Å². The van der Waals surface area contributed by atoms with Gasteiger partial charge in [0.25, 0.3) is 0 Å². The third-order valence-electron chi connectivity index (χ3n) is 7.26. The third kappa shape index (κ3) is 4.27. The first-order chi connectivity index (χ1) is 11.9. The summed E-state index contributed by atoms with van der Waals surface area (Å²) < 4.78 is 12.1. The van der Waals surface area contributed by atoms with Crippen molar-refractivity contribution < 1.29 is 14.0 Å². The number of allylic oxidation sites excluding steroid dienone is 2. The van der Waals surface area contributed by atoms with Gasteiger partial charge in [-0.1, -0.05) is 52.7 Å². The molecule has 2 aliphatic carbocycles. The van der Waals surface area contributed by atoms with Crippen LogP contribution in [0.15, 0.2) is 11.6 Å². The average molecular weight is 381 g/mol. The molecule has 0 N–H and O–H groups in total. The van der Waals surface area contributed by atoms with Crippen molar-refractivity contribution in [3.05, 3.63) is 11.6 Å². The Morgan fingerprint density at radius 1 is 1.38 bits per heavy atom. The Labute approximate surface area is 162 Å². The van der Waals surface area contributed by atoms with Gasteiger partial charge in [0, 0.05) is 6.10 Å². The van der Waals surface area contributed by atoms with Crippen LogP contribution in [-0.4, -0.2) is 27.0 Å². The molecule has 4 heteroatoms. The predicted molar refractivity (Wildman–Crippen MR) is 111 cm³/mol. The number of rotatable bonds is 6. The van der Waals surface area contributed by atoms with Crippen molar-refractivity contribution in [3.8, 4) is 0 Å². The summed E-state index contributed by atoms with van der Waals surface area (Å²) in [6.07, 6.45) is 7.98. The number of hydrogen-bond acceptors (Lipinski definition) is 3. The first kappa shape index (κ1) is 21.7. The molecule has 1 fully saturated rings. The third-order valence-corrected chi connectivity index (χ3v) is 11.8. The zero-order chi connectivity index (χ0) is 19.8. The van der Waals surface area contributed by atoms with Crippen LogP contribution >= 0.6 is 0 Å². The molecule has 1 saturated carbocycles. The van der Waals surface area contributed by atoms with Gasteiger partial charge in [0.15, 0.2) is 8.32 Å². The lowest BCUT2D eigenvalue weighted by molar-refractivity contribution is -0.143. The Hall–Kier alpha value is -0.613. The van der Waals surface area contributed by atoms with E-state index in [1.807, 2.05) is 6.92 Å². The molecule has 0 aromatic rings. The van der Waals surface area contributed by atoms with Gasteiger partial charge in [-0.25, -0.2) is 0 Å². The maximum absolute atomic E-state index is 12.0. The van der Waals surface area contributed by atoms with Gasteiger partial charge >= 0.3 is 5.97 Å². The molecule has 3 nitrogen and oxygen atoms in total. The molecule has 0 bridgehead atoms. The SMILES string of the molecule is CCOC(=O)C[C@@H](C)C1=CC[C@H]2C(O[Si](C)(C)C(C)(C)C)CCCC12C. The van der Waals surface area contributed by atoms with Crippen molar-refractivity contribution in [2.75, 3.05) is 6.61 Å². The van der Waals surface area contributed by atoms with Gasteiger partial charge in [-0.3, -0.25) is 4.79 Å². The molecule has 0 aromatic carbocycles. The van der Waals surface area contributed by atoms with Crippen LogP contribution in [-0.2, 0) is 14.0 Å². The zero-order valence-corrected chi connectivity index (χ0v) is 19.3. The minimum Gasteiger partial charge on any atom is -0.466 e. The lowest BCUT2D eigenvalue weighted by Crippen LogP contribution is -2.49. The molecule has 0 spiro atoms. The van der Waals surface area contributed by atoms with Gasteiger partial charge < -0.3 is 9.16 Å². The van der Waals surface area contributed by atoms with Crippen LogP contribution in [0.2, 0.25) is 18.1 Å². The van der Waals surface area contributed by atoms with Crippen LogP contribution in [0.1, 0.15) is 73.6 Å². The molecule has 150 valence electrons. The highest BCUT2D eigenvalue weighted by Crippen LogP contribution is 2.56. The lowest BCUT2D eigenvalue weighted by Gasteiger charge is -2.49. The summed E-state index contributed by atoms with van der Waals surface area (Å²) in [5.74, 6) is 0.749. The molecular weight excluding hydrogens is 340 g/mol. The highest BCUT2D eigenvalue weighted by atomic mass is 28.4. The molecule has 26 heavy (non-hydrogen) atoms. The lowest BCUT2D eigenvalue weighted by atomic mass is 9.63. The Bertz CT molecular complexity index is 546. The molecule has 2 aliphatic rings. The van der Waals surface area contributed by atoms with Crippen molar-refractivity contribution in [2.45, 2.75) is 97.9 Å². The first-order valence-electron chi connectivity index (χ1n) is 10.5. The summed E-state index contributed by atoms with van der Waals surface area (Å²) in [6, 6.07) is 0. The summed E-state index contributed by atoms with van der Waals surface area (Å²) in [5.41, 5.74) is 1.65. The second kappa shape index (κ2) is 7.79. The van der Waals surface area contributed by atoms with Crippen molar-refractivity contribution in [3.63, 3.8) is 0 Å². The molecular formula is C22H40O3Si. The maximum Gasteiger partial charge on any atom is 0.306 e. The van der Waals surface area contributed by atoms with Crippen LogP contribution in [0, 0.1) is 17.3 Å². The van der Waals surface area contributed by atoms with Crippen LogP contribution in [0.25, 0.3) is 0 Å². The fourth-order valence-electron chi connectivity index (χ4n) is 4.76. The Morgan fingerprint density at radius 3 is 2.62 bits per heavy atom. The van der Waals surface area contributed by atoms with E-state index in [0.717, 1.165) is 6.42 Å². The molecule has 4 atom stereocenters. The van der Waals surface area contributed by atoms with Crippen molar-refractivity contribution in [1.82, 2.24) is 0 Å². The van der Waals surface area contributed by atoms with Crippen LogP contribution in [0.4, 0.5) is 0 Å². The highest BCUT2D eigenvalue weighted by molar-refractivity contribution is 6.74. The van der Waals surface area contributed by atoms with Gasteiger partial charge in [-0.15, -0.1) is 0 Å². The van der Waals surface area contributed by atoms with E-state index in [9.17, 15) is 4.79 Å². The van der Waals surface area contributed by atoms with E-state index in [-0.39, 0.29) is 22.3 Å². The van der Waals surface area contributed by atoms with E-state index in [1.54, 1.807) is 0 Å². The van der Waals surface area contributed by atoms with E-state index in [0.29, 0.717) is 25.0 Å². The van der Waals surface area contributed by atoms with E-state index < -0.39 is 8.32 Å². The Morgan fingerprint density at radius 2 is 2.04 bits per heavy atom. The number of carbonyl (C=O) groups excluding carboxylic acids is 1. The van der Waals surface area contributed by atoms with Gasteiger partial charge in [0.1, 0.15) is 0 Å². The number of carbonyl (C=O) groups is 1. The minimum absolute atomic E-state index is 0.0715. The molecule has 0 aromatic heterocycles. The van der Waals surface area contributed by atoms with Crippen LogP contribution < -0.4 is 0 Å². The topological polar surface area (TPSA) is 35.5 Å². The molecule has 0 saturated heterocycles. The van der Waals surface area contributed by atoms with Gasteiger partial charge in [-0.05, 0) is 61.6 Å². The van der Waals surface area contributed by atoms with E-state index in [2.05, 4.69) is 53.8 Å². The number of fused-ring (bicyclic) bond motifs is 1. The fourth-order valence-corrected chi connectivity index (χ4v) is 6.16. The summed E-state index contributed by atoms with van der Waals surface area (Å²) in [7, 11) is -1.77. The van der Waals surface area contributed by atoms with Crippen molar-refractivity contribution >= 4 is 14.3 Å².